The second-order valence-corrected chi connectivity index (χ2v) is 13.1. The van der Waals surface area contributed by atoms with E-state index in [9.17, 15) is 18.0 Å². The molecule has 39 heavy (non-hydrogen) atoms. The van der Waals surface area contributed by atoms with Crippen LogP contribution in [0.4, 0.5) is 5.69 Å². The van der Waals surface area contributed by atoms with E-state index in [0.717, 1.165) is 44.1 Å². The smallest absolute Gasteiger partial charge is 0.247 e. The molecule has 2 amide bonds. The summed E-state index contributed by atoms with van der Waals surface area (Å²) in [7, 11) is -3.80. The van der Waals surface area contributed by atoms with Gasteiger partial charge >= 0.3 is 0 Å². The first-order valence-electron chi connectivity index (χ1n) is 13.7. The van der Waals surface area contributed by atoms with Crippen LogP contribution in [0.2, 0.25) is 0 Å². The normalized spacial score (nSPS) is 15.9. The lowest BCUT2D eigenvalue weighted by atomic mass is 9.98. The molecule has 8 heteroatoms. The zero-order chi connectivity index (χ0) is 28.0. The molecule has 3 aromatic rings. The number of anilines is 1. The maximum absolute atomic E-state index is 13.7. The van der Waals surface area contributed by atoms with Gasteiger partial charge in [-0.25, -0.2) is 13.1 Å². The lowest BCUT2D eigenvalue weighted by Gasteiger charge is -2.23. The Labute approximate surface area is 231 Å². The third-order valence-corrected chi connectivity index (χ3v) is 8.83. The van der Waals surface area contributed by atoms with Crippen molar-refractivity contribution in [2.45, 2.75) is 82.2 Å². The molecular formula is C31H39N3O4S. The molecule has 0 aromatic heterocycles. The van der Waals surface area contributed by atoms with Gasteiger partial charge in [-0.15, -0.1) is 0 Å². The van der Waals surface area contributed by atoms with E-state index in [0.29, 0.717) is 22.9 Å². The lowest BCUT2D eigenvalue weighted by Crippen LogP contribution is -2.47. The Bertz CT molecular complexity index is 1410. The minimum atomic E-state index is -3.80. The van der Waals surface area contributed by atoms with Gasteiger partial charge in [0.25, 0.3) is 0 Å². The van der Waals surface area contributed by atoms with Gasteiger partial charge in [-0.05, 0) is 51.3 Å². The summed E-state index contributed by atoms with van der Waals surface area (Å²) in [4.78, 5) is 27.0. The molecule has 1 aliphatic rings. The fraction of sp³-hybridized carbons (Fsp3) is 0.419. The Morgan fingerprint density at radius 1 is 0.846 bits per heavy atom. The van der Waals surface area contributed by atoms with E-state index in [2.05, 4.69) is 15.4 Å². The Hall–Kier alpha value is -3.23. The number of carbonyl (C=O) groups excluding carboxylic acids is 2. The standard InChI is InChI=1S/C31H39N3O4S/c1-31(2,3)34-39(37,38)28-20-12-17-24-25(28)18-11-19-26(24)32-30(36)27(21-22-13-7-6-8-14-22)33-29(35)23-15-9-4-5-10-16-23/h6-8,11-14,17-20,23,27,34H,4-5,9-10,15-16,21H2,1-3H3,(H,32,36)(H,33,35). The molecule has 7 nitrogen and oxygen atoms in total. The minimum Gasteiger partial charge on any atom is -0.344 e. The van der Waals surface area contributed by atoms with Crippen molar-refractivity contribution < 1.29 is 18.0 Å². The maximum Gasteiger partial charge on any atom is 0.247 e. The number of amides is 2. The fourth-order valence-electron chi connectivity index (χ4n) is 5.19. The van der Waals surface area contributed by atoms with Crippen LogP contribution in [0.3, 0.4) is 0 Å². The van der Waals surface area contributed by atoms with E-state index in [1.165, 1.54) is 0 Å². The van der Waals surface area contributed by atoms with Crippen LogP contribution < -0.4 is 15.4 Å². The van der Waals surface area contributed by atoms with E-state index in [4.69, 9.17) is 0 Å². The number of sulfonamides is 1. The molecule has 1 fully saturated rings. The van der Waals surface area contributed by atoms with Crippen LogP contribution in [0.1, 0.15) is 64.9 Å². The molecule has 3 aromatic carbocycles. The Balaban J connectivity index is 1.62. The number of hydrogen-bond donors (Lipinski definition) is 3. The lowest BCUT2D eigenvalue weighted by molar-refractivity contribution is -0.129. The average Bonchev–Trinajstić information content (AvgIpc) is 3.17. The molecule has 0 radical (unpaired) electrons. The highest BCUT2D eigenvalue weighted by Gasteiger charge is 2.28. The summed E-state index contributed by atoms with van der Waals surface area (Å²) < 4.78 is 29.0. The number of carbonyl (C=O) groups is 2. The van der Waals surface area contributed by atoms with E-state index in [1.54, 1.807) is 57.2 Å². The van der Waals surface area contributed by atoms with Gasteiger partial charge in [0.2, 0.25) is 21.8 Å². The minimum absolute atomic E-state index is 0.0764. The fourth-order valence-corrected chi connectivity index (χ4v) is 6.83. The van der Waals surface area contributed by atoms with Crippen molar-refractivity contribution in [1.29, 1.82) is 0 Å². The highest BCUT2D eigenvalue weighted by Crippen LogP contribution is 2.30. The summed E-state index contributed by atoms with van der Waals surface area (Å²) in [5, 5.41) is 7.14. The molecule has 1 unspecified atom stereocenters. The quantitative estimate of drug-likeness (QED) is 0.320. The van der Waals surface area contributed by atoms with Crippen molar-refractivity contribution in [3.8, 4) is 0 Å². The van der Waals surface area contributed by atoms with E-state index < -0.39 is 21.6 Å². The second kappa shape index (κ2) is 12.3. The van der Waals surface area contributed by atoms with Crippen molar-refractivity contribution in [3.63, 3.8) is 0 Å². The van der Waals surface area contributed by atoms with Gasteiger partial charge in [0.1, 0.15) is 6.04 Å². The topological polar surface area (TPSA) is 104 Å². The monoisotopic (exact) mass is 549 g/mol. The SMILES string of the molecule is CC(C)(C)NS(=O)(=O)c1cccc2c(NC(=O)C(Cc3ccccc3)NC(=O)C3CCCCCC3)cccc12. The molecule has 1 aliphatic carbocycles. The molecule has 1 atom stereocenters. The number of fused-ring (bicyclic) bond motifs is 1. The average molecular weight is 550 g/mol. The molecule has 1 saturated carbocycles. The molecule has 208 valence electrons. The molecule has 0 bridgehead atoms. The highest BCUT2D eigenvalue weighted by atomic mass is 32.2. The summed E-state index contributed by atoms with van der Waals surface area (Å²) in [5.74, 6) is -0.499. The van der Waals surface area contributed by atoms with Gasteiger partial charge in [-0.3, -0.25) is 9.59 Å². The summed E-state index contributed by atoms with van der Waals surface area (Å²) >= 11 is 0. The molecular weight excluding hydrogens is 510 g/mol. The molecule has 0 spiro atoms. The predicted molar refractivity (Wildman–Crippen MR) is 156 cm³/mol. The molecule has 0 heterocycles. The Morgan fingerprint density at radius 2 is 1.49 bits per heavy atom. The number of benzene rings is 3. The van der Waals surface area contributed by atoms with Gasteiger partial charge in [0.15, 0.2) is 0 Å². The maximum atomic E-state index is 13.7. The van der Waals surface area contributed by atoms with Gasteiger partial charge in [0.05, 0.1) is 4.90 Å². The predicted octanol–water partition coefficient (Wildman–Crippen LogP) is 5.55. The van der Waals surface area contributed by atoms with E-state index in [1.807, 2.05) is 30.3 Å². The van der Waals surface area contributed by atoms with Crippen LogP contribution in [0.5, 0.6) is 0 Å². The van der Waals surface area contributed by atoms with Crippen molar-refractivity contribution in [2.24, 2.45) is 5.92 Å². The largest absolute Gasteiger partial charge is 0.344 e. The molecule has 3 N–H and O–H groups in total. The highest BCUT2D eigenvalue weighted by molar-refractivity contribution is 7.89. The van der Waals surface area contributed by atoms with Crippen LogP contribution >= 0.6 is 0 Å². The number of nitrogens with one attached hydrogen (secondary N) is 3. The first-order valence-corrected chi connectivity index (χ1v) is 15.2. The third-order valence-electron chi connectivity index (χ3n) is 7.01. The van der Waals surface area contributed by atoms with Crippen LogP contribution in [-0.2, 0) is 26.0 Å². The zero-order valence-electron chi connectivity index (χ0n) is 23.0. The summed E-state index contributed by atoms with van der Waals surface area (Å²) in [5.41, 5.74) is 0.790. The Morgan fingerprint density at radius 3 is 2.15 bits per heavy atom. The van der Waals surface area contributed by atoms with Crippen molar-refractivity contribution in [2.75, 3.05) is 5.32 Å². The number of hydrogen-bond acceptors (Lipinski definition) is 4. The van der Waals surface area contributed by atoms with E-state index >= 15 is 0 Å². The first-order chi connectivity index (χ1) is 18.5. The second-order valence-electron chi connectivity index (χ2n) is 11.4. The molecule has 0 saturated heterocycles. The van der Waals surface area contributed by atoms with Crippen molar-refractivity contribution >= 4 is 38.3 Å². The number of rotatable bonds is 8. The van der Waals surface area contributed by atoms with Crippen LogP contribution in [0.25, 0.3) is 10.8 Å². The van der Waals surface area contributed by atoms with Crippen LogP contribution in [0.15, 0.2) is 71.6 Å². The zero-order valence-corrected chi connectivity index (χ0v) is 23.8. The summed E-state index contributed by atoms with van der Waals surface area (Å²) in [6.45, 7) is 5.37. The van der Waals surface area contributed by atoms with Crippen molar-refractivity contribution in [3.05, 3.63) is 72.3 Å². The van der Waals surface area contributed by atoms with Crippen molar-refractivity contribution in [1.82, 2.24) is 10.0 Å². The van der Waals surface area contributed by atoms with E-state index in [-0.39, 0.29) is 22.6 Å². The van der Waals surface area contributed by atoms with Crippen LogP contribution in [0, 0.1) is 5.92 Å². The van der Waals surface area contributed by atoms with Gasteiger partial charge in [-0.1, -0.05) is 80.3 Å². The van der Waals surface area contributed by atoms with Gasteiger partial charge < -0.3 is 10.6 Å². The molecule has 4 rings (SSSR count). The first kappa shape index (κ1) is 28.8. The van der Waals surface area contributed by atoms with Gasteiger partial charge in [-0.2, -0.15) is 0 Å². The van der Waals surface area contributed by atoms with Crippen LogP contribution in [-0.4, -0.2) is 31.8 Å². The molecule has 0 aliphatic heterocycles. The summed E-state index contributed by atoms with van der Waals surface area (Å²) in [6, 6.07) is 19.1. The summed E-state index contributed by atoms with van der Waals surface area (Å²) in [6.07, 6.45) is 6.37. The Kier molecular flexibility index (Phi) is 9.08. The van der Waals surface area contributed by atoms with Gasteiger partial charge in [0, 0.05) is 34.3 Å². The third kappa shape index (κ3) is 7.67.